The molecule has 0 fully saturated rings. The molecule has 1 N–H and O–H groups in total. The van der Waals surface area contributed by atoms with Crippen LogP contribution in [0.2, 0.25) is 0 Å². The van der Waals surface area contributed by atoms with Gasteiger partial charge >= 0.3 is 0 Å². The summed E-state index contributed by atoms with van der Waals surface area (Å²) in [5.41, 5.74) is 4.53. The van der Waals surface area contributed by atoms with E-state index in [2.05, 4.69) is 74.3 Å². The van der Waals surface area contributed by atoms with E-state index in [0.29, 0.717) is 12.5 Å². The van der Waals surface area contributed by atoms with E-state index in [-0.39, 0.29) is 5.91 Å². The maximum atomic E-state index is 12.5. The summed E-state index contributed by atoms with van der Waals surface area (Å²) in [6, 6.07) is 14.5. The maximum absolute atomic E-state index is 12.5. The number of anilines is 1. The summed E-state index contributed by atoms with van der Waals surface area (Å²) in [4.78, 5) is 14.8. The van der Waals surface area contributed by atoms with Gasteiger partial charge in [-0.05, 0) is 68.5 Å². The van der Waals surface area contributed by atoms with Crippen LogP contribution in [-0.2, 0) is 11.3 Å². The maximum Gasteiger partial charge on any atom is 0.261 e. The molecule has 1 amide bonds. The van der Waals surface area contributed by atoms with Crippen LogP contribution in [0.15, 0.2) is 42.5 Å². The van der Waals surface area contributed by atoms with Gasteiger partial charge in [-0.2, -0.15) is 0 Å². The number of ether oxygens (including phenoxy) is 1. The van der Waals surface area contributed by atoms with Crippen molar-refractivity contribution in [2.24, 2.45) is 0 Å². The molecule has 0 saturated heterocycles. The average molecular weight is 383 g/mol. The first kappa shape index (κ1) is 21.8. The fraction of sp³-hybridized carbons (Fsp3) is 0.458. The monoisotopic (exact) mass is 382 g/mol. The highest BCUT2D eigenvalue weighted by atomic mass is 16.5. The Kier molecular flexibility index (Phi) is 7.91. The second-order valence-corrected chi connectivity index (χ2v) is 7.51. The number of hydrogen-bond donors (Lipinski definition) is 1. The topological polar surface area (TPSA) is 41.6 Å². The standard InChI is InChI=1S/C24H34N2O2/c1-7-26(8-2)21-12-10-20(11-13-21)16-25-24(27)19(6)28-23-15-18(5)9-14-22(23)17(3)4/h9-15,17,19H,7-8,16H2,1-6H3,(H,25,27)/t19-/m1/s1. The number of hydrogen-bond acceptors (Lipinski definition) is 3. The molecule has 28 heavy (non-hydrogen) atoms. The number of benzene rings is 2. The Hall–Kier alpha value is -2.49. The number of nitrogens with one attached hydrogen (secondary N) is 1. The van der Waals surface area contributed by atoms with Gasteiger partial charge in [0.25, 0.3) is 5.91 Å². The van der Waals surface area contributed by atoms with Crippen LogP contribution in [0.5, 0.6) is 5.75 Å². The van der Waals surface area contributed by atoms with Crippen LogP contribution in [0.1, 0.15) is 57.2 Å². The number of carbonyl (C=O) groups is 1. The van der Waals surface area contributed by atoms with Gasteiger partial charge in [-0.25, -0.2) is 0 Å². The fourth-order valence-corrected chi connectivity index (χ4v) is 3.21. The molecule has 0 radical (unpaired) electrons. The van der Waals surface area contributed by atoms with Crippen LogP contribution in [0.25, 0.3) is 0 Å². The Morgan fingerprint density at radius 3 is 2.25 bits per heavy atom. The molecule has 0 aromatic heterocycles. The second-order valence-electron chi connectivity index (χ2n) is 7.51. The lowest BCUT2D eigenvalue weighted by Crippen LogP contribution is -2.36. The van der Waals surface area contributed by atoms with Crippen LogP contribution in [0, 0.1) is 6.92 Å². The first-order valence-electron chi connectivity index (χ1n) is 10.2. The van der Waals surface area contributed by atoms with Crippen molar-refractivity contribution in [2.45, 2.75) is 60.1 Å². The molecule has 152 valence electrons. The Morgan fingerprint density at radius 1 is 1.04 bits per heavy atom. The molecule has 0 heterocycles. The molecule has 4 heteroatoms. The summed E-state index contributed by atoms with van der Waals surface area (Å²) < 4.78 is 6.00. The van der Waals surface area contributed by atoms with E-state index in [1.807, 2.05) is 13.0 Å². The van der Waals surface area contributed by atoms with Crippen molar-refractivity contribution in [2.75, 3.05) is 18.0 Å². The second kappa shape index (κ2) is 10.2. The van der Waals surface area contributed by atoms with Gasteiger partial charge in [0.1, 0.15) is 5.75 Å². The van der Waals surface area contributed by atoms with Crippen molar-refractivity contribution in [3.8, 4) is 5.75 Å². The summed E-state index contributed by atoms with van der Waals surface area (Å²) in [7, 11) is 0. The highest BCUT2D eigenvalue weighted by Crippen LogP contribution is 2.28. The van der Waals surface area contributed by atoms with E-state index in [1.165, 1.54) is 5.69 Å². The van der Waals surface area contributed by atoms with Gasteiger partial charge in [0, 0.05) is 25.3 Å². The summed E-state index contributed by atoms with van der Waals surface area (Å²) in [6.45, 7) is 14.9. The van der Waals surface area contributed by atoms with E-state index < -0.39 is 6.10 Å². The molecule has 2 aromatic rings. The van der Waals surface area contributed by atoms with Crippen LogP contribution >= 0.6 is 0 Å². The van der Waals surface area contributed by atoms with Gasteiger partial charge in [0.2, 0.25) is 0 Å². The zero-order chi connectivity index (χ0) is 20.7. The first-order chi connectivity index (χ1) is 13.3. The van der Waals surface area contributed by atoms with Crippen LogP contribution < -0.4 is 15.0 Å². The largest absolute Gasteiger partial charge is 0.481 e. The summed E-state index contributed by atoms with van der Waals surface area (Å²) in [5.74, 6) is 1.03. The van der Waals surface area contributed by atoms with E-state index in [0.717, 1.165) is 35.5 Å². The predicted molar refractivity (Wildman–Crippen MR) is 117 cm³/mol. The number of nitrogens with zero attached hydrogens (tertiary/aromatic N) is 1. The Balaban J connectivity index is 1.95. The SMILES string of the molecule is CCN(CC)c1ccc(CNC(=O)[C@@H](C)Oc2cc(C)ccc2C(C)C)cc1. The number of rotatable bonds is 9. The zero-order valence-corrected chi connectivity index (χ0v) is 18.1. The minimum absolute atomic E-state index is 0.107. The first-order valence-corrected chi connectivity index (χ1v) is 10.2. The highest BCUT2D eigenvalue weighted by Gasteiger charge is 2.17. The van der Waals surface area contributed by atoms with E-state index >= 15 is 0 Å². The molecular formula is C24H34N2O2. The van der Waals surface area contributed by atoms with Crippen molar-refractivity contribution in [3.63, 3.8) is 0 Å². The summed E-state index contributed by atoms with van der Waals surface area (Å²) in [6.07, 6.45) is -0.547. The van der Waals surface area contributed by atoms with Gasteiger partial charge in [-0.3, -0.25) is 4.79 Å². The Morgan fingerprint density at radius 2 is 1.68 bits per heavy atom. The molecule has 0 saturated carbocycles. The molecule has 0 spiro atoms. The minimum atomic E-state index is -0.547. The fourth-order valence-electron chi connectivity index (χ4n) is 3.21. The lowest BCUT2D eigenvalue weighted by atomic mass is 10.0. The van der Waals surface area contributed by atoms with Gasteiger partial charge in [-0.1, -0.05) is 38.1 Å². The minimum Gasteiger partial charge on any atom is -0.481 e. The van der Waals surface area contributed by atoms with Gasteiger partial charge < -0.3 is 15.0 Å². The zero-order valence-electron chi connectivity index (χ0n) is 18.1. The van der Waals surface area contributed by atoms with Gasteiger partial charge in [-0.15, -0.1) is 0 Å². The molecule has 1 atom stereocenters. The molecule has 0 unspecified atom stereocenters. The average Bonchev–Trinajstić information content (AvgIpc) is 2.67. The van der Waals surface area contributed by atoms with Crippen molar-refractivity contribution in [3.05, 3.63) is 59.2 Å². The Labute approximate surface area is 169 Å². The lowest BCUT2D eigenvalue weighted by molar-refractivity contribution is -0.127. The quantitative estimate of drug-likeness (QED) is 0.660. The normalized spacial score (nSPS) is 12.0. The number of aryl methyl sites for hydroxylation is 1. The van der Waals surface area contributed by atoms with Crippen molar-refractivity contribution in [1.82, 2.24) is 5.32 Å². The third-order valence-corrected chi connectivity index (χ3v) is 5.00. The van der Waals surface area contributed by atoms with Crippen LogP contribution in [0.3, 0.4) is 0 Å². The van der Waals surface area contributed by atoms with Crippen molar-refractivity contribution >= 4 is 11.6 Å². The smallest absolute Gasteiger partial charge is 0.261 e. The predicted octanol–water partition coefficient (Wildman–Crippen LogP) is 5.05. The van der Waals surface area contributed by atoms with Crippen molar-refractivity contribution < 1.29 is 9.53 Å². The van der Waals surface area contributed by atoms with Crippen molar-refractivity contribution in [1.29, 1.82) is 0 Å². The molecular weight excluding hydrogens is 348 g/mol. The van der Waals surface area contributed by atoms with Gasteiger partial charge in [0.15, 0.2) is 6.10 Å². The number of carbonyl (C=O) groups excluding carboxylic acids is 1. The highest BCUT2D eigenvalue weighted by molar-refractivity contribution is 5.80. The van der Waals surface area contributed by atoms with E-state index in [4.69, 9.17) is 4.74 Å². The summed E-state index contributed by atoms with van der Waals surface area (Å²) >= 11 is 0. The Bertz CT molecular complexity index is 765. The van der Waals surface area contributed by atoms with Gasteiger partial charge in [0.05, 0.1) is 0 Å². The molecule has 2 aromatic carbocycles. The third kappa shape index (κ3) is 5.75. The molecule has 0 aliphatic heterocycles. The molecule has 2 rings (SSSR count). The molecule has 0 bridgehead atoms. The lowest BCUT2D eigenvalue weighted by Gasteiger charge is -2.21. The number of amides is 1. The molecule has 0 aliphatic carbocycles. The van der Waals surface area contributed by atoms with E-state index in [1.54, 1.807) is 6.92 Å². The molecule has 4 nitrogen and oxygen atoms in total. The van der Waals surface area contributed by atoms with E-state index in [9.17, 15) is 4.79 Å². The van der Waals surface area contributed by atoms with Crippen LogP contribution in [-0.4, -0.2) is 25.1 Å². The third-order valence-electron chi connectivity index (χ3n) is 5.00. The van der Waals surface area contributed by atoms with Crippen LogP contribution in [0.4, 0.5) is 5.69 Å². The summed E-state index contributed by atoms with van der Waals surface area (Å²) in [5, 5.41) is 2.98. The molecule has 0 aliphatic rings.